The lowest BCUT2D eigenvalue weighted by Crippen LogP contribution is -2.28. The molecule has 2 N–H and O–H groups in total. The van der Waals surface area contributed by atoms with Crippen LogP contribution in [0.2, 0.25) is 0 Å². The van der Waals surface area contributed by atoms with E-state index in [0.29, 0.717) is 6.54 Å². The van der Waals surface area contributed by atoms with Gasteiger partial charge in [0.1, 0.15) is 14.0 Å². The van der Waals surface area contributed by atoms with Crippen molar-refractivity contribution in [2.24, 2.45) is 0 Å². The Morgan fingerprint density at radius 2 is 1.95 bits per heavy atom. The van der Waals surface area contributed by atoms with Gasteiger partial charge in [-0.3, -0.25) is 10.1 Å². The lowest BCUT2D eigenvalue weighted by Gasteiger charge is -2.03. The summed E-state index contributed by atoms with van der Waals surface area (Å²) >= 11 is 0.725. The second-order valence-corrected chi connectivity index (χ2v) is 9.40. The van der Waals surface area contributed by atoms with E-state index in [1.165, 1.54) is 0 Å². The van der Waals surface area contributed by atoms with Crippen LogP contribution in [0.5, 0.6) is 0 Å². The molecule has 1 aromatic rings. The van der Waals surface area contributed by atoms with E-state index in [1.54, 1.807) is 6.92 Å². The minimum atomic E-state index is -3.98. The zero-order valence-corrected chi connectivity index (χ0v) is 13.8. The zero-order valence-electron chi connectivity index (χ0n) is 11.3. The largest absolute Gasteiger partial charge is 0.372 e. The first kappa shape index (κ1) is 17.8. The summed E-state index contributed by atoms with van der Waals surface area (Å²) in [4.78, 5) is 10.2. The van der Waals surface area contributed by atoms with Gasteiger partial charge < -0.3 is 5.32 Å². The maximum absolute atomic E-state index is 12.0. The van der Waals surface area contributed by atoms with Crippen LogP contribution in [-0.4, -0.2) is 46.9 Å². The van der Waals surface area contributed by atoms with Gasteiger partial charge in [0.2, 0.25) is 10.0 Å². The lowest BCUT2D eigenvalue weighted by molar-refractivity contribution is -0.383. The third-order valence-corrected chi connectivity index (χ3v) is 6.22. The van der Waals surface area contributed by atoms with E-state index in [-0.39, 0.29) is 27.2 Å². The van der Waals surface area contributed by atoms with Crippen molar-refractivity contribution >= 4 is 41.9 Å². The molecule has 0 atom stereocenters. The minimum Gasteiger partial charge on any atom is -0.372 e. The van der Waals surface area contributed by atoms with Crippen molar-refractivity contribution in [3.63, 3.8) is 0 Å². The molecular weight excluding hydrogens is 342 g/mol. The summed E-state index contributed by atoms with van der Waals surface area (Å²) in [6.45, 7) is 1.84. The first-order chi connectivity index (χ1) is 9.57. The Morgan fingerprint density at radius 1 is 1.33 bits per heavy atom. The molecule has 0 radical (unpaired) electrons. The molecular formula is C9H15N3O6S3. The Hall–Kier alpha value is -1.24. The number of anilines is 1. The summed E-state index contributed by atoms with van der Waals surface area (Å²) in [5, 5.41) is 13.7. The van der Waals surface area contributed by atoms with Crippen molar-refractivity contribution in [3.05, 3.63) is 16.2 Å². The van der Waals surface area contributed by atoms with Crippen molar-refractivity contribution < 1.29 is 21.8 Å². The first-order valence-electron chi connectivity index (χ1n) is 5.76. The molecule has 9 nitrogen and oxygen atoms in total. The van der Waals surface area contributed by atoms with E-state index < -0.39 is 24.8 Å². The number of thiophene rings is 1. The smallest absolute Gasteiger partial charge is 0.304 e. The van der Waals surface area contributed by atoms with Crippen LogP contribution >= 0.6 is 11.3 Å². The maximum Gasteiger partial charge on any atom is 0.304 e. The second kappa shape index (κ2) is 6.68. The molecule has 1 aromatic heterocycles. The molecule has 0 saturated carbocycles. The Kier molecular flexibility index (Phi) is 5.67. The molecule has 0 aliphatic carbocycles. The fourth-order valence-electron chi connectivity index (χ4n) is 1.35. The van der Waals surface area contributed by atoms with Gasteiger partial charge in [0.25, 0.3) is 0 Å². The van der Waals surface area contributed by atoms with Crippen LogP contribution in [0, 0.1) is 10.1 Å². The van der Waals surface area contributed by atoms with E-state index in [1.807, 2.05) is 0 Å². The van der Waals surface area contributed by atoms with Gasteiger partial charge in [-0.05, 0) is 6.92 Å². The first-order valence-corrected chi connectivity index (χ1v) is 10.1. The molecule has 0 amide bonds. The van der Waals surface area contributed by atoms with Crippen molar-refractivity contribution in [3.8, 4) is 0 Å². The molecule has 12 heteroatoms. The van der Waals surface area contributed by atoms with Gasteiger partial charge in [0, 0.05) is 25.4 Å². The molecule has 0 bridgehead atoms. The monoisotopic (exact) mass is 357 g/mol. The minimum absolute atomic E-state index is 0.144. The zero-order chi connectivity index (χ0) is 16.3. The summed E-state index contributed by atoms with van der Waals surface area (Å²) in [6, 6.07) is 0.950. The molecule has 0 spiro atoms. The highest BCUT2D eigenvalue weighted by atomic mass is 32.2. The fourth-order valence-corrected chi connectivity index (χ4v) is 4.42. The van der Waals surface area contributed by atoms with Crippen molar-refractivity contribution in [1.82, 2.24) is 4.72 Å². The van der Waals surface area contributed by atoms with Gasteiger partial charge in [0.05, 0.1) is 10.7 Å². The van der Waals surface area contributed by atoms with E-state index >= 15 is 0 Å². The van der Waals surface area contributed by atoms with Crippen LogP contribution in [-0.2, 0) is 19.9 Å². The van der Waals surface area contributed by atoms with Gasteiger partial charge >= 0.3 is 5.69 Å². The third-order valence-electron chi connectivity index (χ3n) is 2.25. The molecule has 0 aromatic carbocycles. The highest BCUT2D eigenvalue weighted by molar-refractivity contribution is 7.92. The van der Waals surface area contributed by atoms with Gasteiger partial charge in [-0.2, -0.15) is 0 Å². The normalized spacial score (nSPS) is 12.3. The molecule has 1 rings (SSSR count). The number of sulfonamides is 1. The van der Waals surface area contributed by atoms with Crippen LogP contribution in [0.1, 0.15) is 6.92 Å². The number of hydrogen-bond donors (Lipinski definition) is 2. The molecule has 0 saturated heterocycles. The molecule has 0 fully saturated rings. The lowest BCUT2D eigenvalue weighted by atomic mass is 10.5. The molecule has 21 heavy (non-hydrogen) atoms. The number of nitro groups is 1. The summed E-state index contributed by atoms with van der Waals surface area (Å²) in [6.07, 6.45) is 0.987. The summed E-state index contributed by atoms with van der Waals surface area (Å²) < 4.78 is 47.7. The highest BCUT2D eigenvalue weighted by Crippen LogP contribution is 2.36. The number of hydrogen-bond acceptors (Lipinski definition) is 8. The van der Waals surface area contributed by atoms with E-state index in [4.69, 9.17) is 0 Å². The van der Waals surface area contributed by atoms with E-state index in [2.05, 4.69) is 10.0 Å². The molecule has 0 aliphatic heterocycles. The maximum atomic E-state index is 12.0. The molecule has 1 heterocycles. The second-order valence-electron chi connectivity index (χ2n) is 4.09. The predicted octanol–water partition coefficient (Wildman–Crippen LogP) is 0.411. The number of nitrogens with zero attached hydrogens (tertiary/aromatic N) is 1. The van der Waals surface area contributed by atoms with Gasteiger partial charge in [-0.25, -0.2) is 21.6 Å². The van der Waals surface area contributed by atoms with Gasteiger partial charge in [-0.1, -0.05) is 11.3 Å². The van der Waals surface area contributed by atoms with Crippen LogP contribution in [0.25, 0.3) is 0 Å². The average Bonchev–Trinajstić information content (AvgIpc) is 2.72. The van der Waals surface area contributed by atoms with Gasteiger partial charge in [-0.15, -0.1) is 0 Å². The number of rotatable bonds is 8. The van der Waals surface area contributed by atoms with Crippen LogP contribution in [0.15, 0.2) is 10.3 Å². The summed E-state index contributed by atoms with van der Waals surface area (Å²) in [7, 11) is -7.27. The fraction of sp³-hybridized carbons (Fsp3) is 0.556. The Bertz CT molecular complexity index is 722. The van der Waals surface area contributed by atoms with E-state index in [0.717, 1.165) is 23.7 Å². The molecule has 0 aliphatic rings. The van der Waals surface area contributed by atoms with E-state index in [9.17, 15) is 26.9 Å². The van der Waals surface area contributed by atoms with Gasteiger partial charge in [0.15, 0.2) is 5.00 Å². The topological polar surface area (TPSA) is 135 Å². The number of sulfone groups is 1. The Balaban J connectivity index is 2.98. The predicted molar refractivity (Wildman–Crippen MR) is 80.0 cm³/mol. The summed E-state index contributed by atoms with van der Waals surface area (Å²) in [5.74, 6) is -0.347. The molecule has 0 unspecified atom stereocenters. The van der Waals surface area contributed by atoms with Crippen molar-refractivity contribution in [2.75, 3.05) is 30.4 Å². The molecule has 120 valence electrons. The van der Waals surface area contributed by atoms with Crippen LogP contribution in [0.3, 0.4) is 0 Å². The quantitative estimate of drug-likeness (QED) is 0.508. The Labute approximate surface area is 126 Å². The average molecular weight is 357 g/mol. The van der Waals surface area contributed by atoms with Crippen molar-refractivity contribution in [1.29, 1.82) is 0 Å². The van der Waals surface area contributed by atoms with Crippen molar-refractivity contribution in [2.45, 2.75) is 11.1 Å². The Morgan fingerprint density at radius 3 is 2.43 bits per heavy atom. The third kappa shape index (κ3) is 5.22. The summed E-state index contributed by atoms with van der Waals surface area (Å²) in [5.41, 5.74) is -0.328. The standard InChI is InChI=1S/C9H15N3O6S3/c1-3-10-9-7(12(13)14)6-8(19-9)21(17,18)11-4-5-20(2,15)16/h6,10-11H,3-5H2,1-2H3. The number of nitrogens with one attached hydrogen (secondary N) is 2. The SMILES string of the molecule is CCNc1sc(S(=O)(=O)NCCS(C)(=O)=O)cc1[N+](=O)[O-]. The van der Waals surface area contributed by atoms with Crippen LogP contribution < -0.4 is 10.0 Å². The highest BCUT2D eigenvalue weighted by Gasteiger charge is 2.25. The van der Waals surface area contributed by atoms with Crippen LogP contribution in [0.4, 0.5) is 10.7 Å².